The number of carbonyl (C=O) groups is 1. The molecule has 2 atom stereocenters. The Morgan fingerprint density at radius 3 is 2.80 bits per heavy atom. The minimum Gasteiger partial charge on any atom is -0.388 e. The quantitative estimate of drug-likeness (QED) is 0.529. The zero-order valence-electron chi connectivity index (χ0n) is 8.69. The molecule has 0 fully saturated rings. The molecule has 6 heteroatoms. The molecule has 1 aromatic rings. The van der Waals surface area contributed by atoms with E-state index in [0.717, 1.165) is 0 Å². The van der Waals surface area contributed by atoms with Gasteiger partial charge in [0.05, 0.1) is 12.0 Å². The van der Waals surface area contributed by atoms with Crippen molar-refractivity contribution in [1.29, 1.82) is 0 Å². The lowest BCUT2D eigenvalue weighted by Crippen LogP contribution is -2.34. The largest absolute Gasteiger partial charge is 0.388 e. The molecule has 2 unspecified atom stereocenters. The summed E-state index contributed by atoms with van der Waals surface area (Å²) >= 11 is 0. The number of imidazole rings is 1. The van der Waals surface area contributed by atoms with Crippen molar-refractivity contribution in [3.63, 3.8) is 0 Å². The van der Waals surface area contributed by atoms with Gasteiger partial charge in [-0.2, -0.15) is 0 Å². The molecule has 4 N–H and O–H groups in total. The first kappa shape index (κ1) is 11.7. The molecule has 0 aliphatic heterocycles. The zero-order chi connectivity index (χ0) is 11.4. The van der Waals surface area contributed by atoms with Gasteiger partial charge in [0.1, 0.15) is 12.2 Å². The molecule has 1 heterocycles. The number of H-pyrrole nitrogens is 1. The third-order valence-electron chi connectivity index (χ3n) is 2.07. The highest BCUT2D eigenvalue weighted by atomic mass is 16.3. The summed E-state index contributed by atoms with van der Waals surface area (Å²) in [4.78, 5) is 17.3. The van der Waals surface area contributed by atoms with Crippen molar-refractivity contribution < 1.29 is 15.0 Å². The molecule has 0 aromatic carbocycles. The number of aliphatic hydroxyl groups is 2. The van der Waals surface area contributed by atoms with E-state index in [-0.39, 0.29) is 12.5 Å². The molecule has 0 aliphatic rings. The van der Waals surface area contributed by atoms with Crippen LogP contribution < -0.4 is 5.32 Å². The normalized spacial score (nSPS) is 14.7. The molecule has 1 rings (SSSR count). The van der Waals surface area contributed by atoms with Crippen LogP contribution in [0.2, 0.25) is 0 Å². The summed E-state index contributed by atoms with van der Waals surface area (Å²) in [7, 11) is 0. The Labute approximate surface area is 87.3 Å². The van der Waals surface area contributed by atoms with Crippen molar-refractivity contribution >= 4 is 5.91 Å². The van der Waals surface area contributed by atoms with Crippen LogP contribution in [0.25, 0.3) is 0 Å². The number of aliphatic hydroxyl groups excluding tert-OH is 2. The van der Waals surface area contributed by atoms with Crippen LogP contribution in [0.3, 0.4) is 0 Å². The average molecular weight is 213 g/mol. The summed E-state index contributed by atoms with van der Waals surface area (Å²) in [6.07, 6.45) is -0.710. The average Bonchev–Trinajstić information content (AvgIpc) is 2.59. The van der Waals surface area contributed by atoms with Crippen molar-refractivity contribution in [3.05, 3.63) is 17.7 Å². The lowest BCUT2D eigenvalue weighted by molar-refractivity contribution is -0.119. The summed E-state index contributed by atoms with van der Waals surface area (Å²) in [6, 6.07) is 0. The van der Waals surface area contributed by atoms with Gasteiger partial charge in [0, 0.05) is 19.2 Å². The summed E-state index contributed by atoms with van der Waals surface area (Å²) in [5.41, 5.74) is 1.09. The molecule has 15 heavy (non-hydrogen) atoms. The fourth-order valence-electron chi connectivity index (χ4n) is 1.21. The number of hydrogen-bond donors (Lipinski definition) is 4. The van der Waals surface area contributed by atoms with E-state index in [2.05, 4.69) is 15.3 Å². The van der Waals surface area contributed by atoms with Gasteiger partial charge < -0.3 is 20.5 Å². The van der Waals surface area contributed by atoms with E-state index in [1.165, 1.54) is 13.3 Å². The maximum atomic E-state index is 10.6. The van der Waals surface area contributed by atoms with Crippen molar-refractivity contribution in [1.82, 2.24) is 15.3 Å². The molecule has 0 spiro atoms. The lowest BCUT2D eigenvalue weighted by atomic mass is 10.1. The molecular weight excluding hydrogens is 198 g/mol. The zero-order valence-corrected chi connectivity index (χ0v) is 8.69. The highest BCUT2D eigenvalue weighted by Gasteiger charge is 2.21. The van der Waals surface area contributed by atoms with Crippen LogP contribution in [0.15, 0.2) is 6.33 Å². The van der Waals surface area contributed by atoms with Crippen LogP contribution in [0, 0.1) is 6.92 Å². The van der Waals surface area contributed by atoms with Crippen molar-refractivity contribution in [2.75, 3.05) is 6.54 Å². The van der Waals surface area contributed by atoms with E-state index in [1.807, 2.05) is 0 Å². The number of nitrogens with one attached hydrogen (secondary N) is 2. The minimum atomic E-state index is -1.09. The number of aryl methyl sites for hydroxylation is 1. The maximum absolute atomic E-state index is 10.6. The second kappa shape index (κ2) is 4.90. The lowest BCUT2D eigenvalue weighted by Gasteiger charge is -2.16. The molecule has 6 nitrogen and oxygen atoms in total. The number of carbonyl (C=O) groups excluding carboxylic acids is 1. The fraction of sp³-hybridized carbons (Fsp3) is 0.556. The molecule has 0 bridgehead atoms. The molecule has 0 saturated carbocycles. The van der Waals surface area contributed by atoms with Gasteiger partial charge in [0.2, 0.25) is 5.91 Å². The molecular formula is C9H15N3O3. The van der Waals surface area contributed by atoms with E-state index < -0.39 is 12.2 Å². The van der Waals surface area contributed by atoms with E-state index in [0.29, 0.717) is 11.4 Å². The number of nitrogens with zero attached hydrogens (tertiary/aromatic N) is 1. The Morgan fingerprint density at radius 1 is 1.67 bits per heavy atom. The van der Waals surface area contributed by atoms with Crippen LogP contribution in [0.4, 0.5) is 0 Å². The predicted molar refractivity (Wildman–Crippen MR) is 53.0 cm³/mol. The fourth-order valence-corrected chi connectivity index (χ4v) is 1.21. The number of rotatable bonds is 4. The number of aromatic nitrogens is 2. The predicted octanol–water partition coefficient (Wildman–Crippen LogP) is -0.751. The van der Waals surface area contributed by atoms with E-state index >= 15 is 0 Å². The first-order chi connectivity index (χ1) is 7.02. The van der Waals surface area contributed by atoms with Gasteiger partial charge in [0.15, 0.2) is 0 Å². The van der Waals surface area contributed by atoms with Gasteiger partial charge in [-0.05, 0) is 6.92 Å². The minimum absolute atomic E-state index is 0.00278. The standard InChI is InChI=1S/C9H15N3O3/c1-5-8(12-4-11-5)9(15)7(14)3-10-6(2)13/h4,7,9,14-15H,3H2,1-2H3,(H,10,13)(H,11,12). The van der Waals surface area contributed by atoms with Gasteiger partial charge in [-0.3, -0.25) is 4.79 Å². The Hall–Kier alpha value is -1.40. The van der Waals surface area contributed by atoms with E-state index in [4.69, 9.17) is 0 Å². The van der Waals surface area contributed by atoms with Crippen molar-refractivity contribution in [3.8, 4) is 0 Å². The van der Waals surface area contributed by atoms with Gasteiger partial charge in [-0.25, -0.2) is 4.98 Å². The second-order valence-corrected chi connectivity index (χ2v) is 3.36. The van der Waals surface area contributed by atoms with E-state index in [1.54, 1.807) is 6.92 Å². The van der Waals surface area contributed by atoms with Gasteiger partial charge >= 0.3 is 0 Å². The molecule has 0 aliphatic carbocycles. The topological polar surface area (TPSA) is 98.2 Å². The van der Waals surface area contributed by atoms with Crippen LogP contribution in [-0.2, 0) is 4.79 Å². The third-order valence-corrected chi connectivity index (χ3v) is 2.07. The SMILES string of the molecule is CC(=O)NCC(O)C(O)c1nc[nH]c1C. The highest BCUT2D eigenvalue weighted by molar-refractivity contribution is 5.72. The Morgan fingerprint density at radius 2 is 2.33 bits per heavy atom. The number of hydrogen-bond acceptors (Lipinski definition) is 4. The summed E-state index contributed by atoms with van der Waals surface area (Å²) in [5.74, 6) is -0.250. The molecule has 0 radical (unpaired) electrons. The highest BCUT2D eigenvalue weighted by Crippen LogP contribution is 2.16. The number of amides is 1. The molecule has 1 aromatic heterocycles. The first-order valence-corrected chi connectivity index (χ1v) is 4.62. The van der Waals surface area contributed by atoms with Crippen LogP contribution in [-0.4, -0.2) is 38.7 Å². The second-order valence-electron chi connectivity index (χ2n) is 3.36. The Bertz CT molecular complexity index is 337. The van der Waals surface area contributed by atoms with Crippen molar-refractivity contribution in [2.24, 2.45) is 0 Å². The van der Waals surface area contributed by atoms with Gasteiger partial charge in [-0.1, -0.05) is 0 Å². The summed E-state index contributed by atoms with van der Waals surface area (Å²) in [6.45, 7) is 3.10. The third kappa shape index (κ3) is 3.03. The maximum Gasteiger partial charge on any atom is 0.216 e. The summed E-state index contributed by atoms with van der Waals surface area (Å²) < 4.78 is 0. The van der Waals surface area contributed by atoms with Crippen molar-refractivity contribution in [2.45, 2.75) is 26.1 Å². The van der Waals surface area contributed by atoms with Crippen LogP contribution >= 0.6 is 0 Å². The number of aromatic amines is 1. The Kier molecular flexibility index (Phi) is 3.81. The monoisotopic (exact) mass is 213 g/mol. The smallest absolute Gasteiger partial charge is 0.216 e. The summed E-state index contributed by atoms with van der Waals surface area (Å²) in [5, 5.41) is 21.7. The molecule has 1 amide bonds. The molecule has 84 valence electrons. The van der Waals surface area contributed by atoms with E-state index in [9.17, 15) is 15.0 Å². The van der Waals surface area contributed by atoms with Gasteiger partial charge in [0.25, 0.3) is 0 Å². The van der Waals surface area contributed by atoms with Gasteiger partial charge in [-0.15, -0.1) is 0 Å². The molecule has 0 saturated heterocycles. The Balaban J connectivity index is 2.57. The van der Waals surface area contributed by atoms with Crippen LogP contribution in [0.1, 0.15) is 24.4 Å². The van der Waals surface area contributed by atoms with Crippen LogP contribution in [0.5, 0.6) is 0 Å². The first-order valence-electron chi connectivity index (χ1n) is 4.62.